The average molecular weight is 719 g/mol. The smallest absolute Gasteiger partial charge is 0.339 e. The zero-order valence-electron chi connectivity index (χ0n) is 26.9. The Morgan fingerprint density at radius 3 is 2.42 bits per heavy atom. The van der Waals surface area contributed by atoms with Crippen LogP contribution in [0.3, 0.4) is 0 Å². The van der Waals surface area contributed by atoms with Gasteiger partial charge in [0.2, 0.25) is 5.91 Å². The Morgan fingerprint density at radius 1 is 1.04 bits per heavy atom. The summed E-state index contributed by atoms with van der Waals surface area (Å²) in [6.45, 7) is 5.74. The highest BCUT2D eigenvalue weighted by Crippen LogP contribution is 2.59. The number of rotatable bonds is 8. The molecule has 0 bridgehead atoms. The Kier molecular flexibility index (Phi) is 10.2. The van der Waals surface area contributed by atoms with Crippen molar-refractivity contribution in [1.82, 2.24) is 15.2 Å². The number of likely N-dealkylation sites (tertiary alicyclic amines) is 1. The van der Waals surface area contributed by atoms with Gasteiger partial charge in [0.25, 0.3) is 11.8 Å². The van der Waals surface area contributed by atoms with Gasteiger partial charge in [-0.3, -0.25) is 23.8 Å². The van der Waals surface area contributed by atoms with Crippen LogP contribution >= 0.6 is 30.3 Å². The zero-order valence-corrected chi connectivity index (χ0v) is 29.4. The Balaban J connectivity index is 1.38. The van der Waals surface area contributed by atoms with Crippen molar-refractivity contribution in [2.45, 2.75) is 64.2 Å². The minimum atomic E-state index is -5.78. The molecule has 2 aromatic heterocycles. The van der Waals surface area contributed by atoms with Crippen LogP contribution in [0.25, 0.3) is 20.5 Å². The fourth-order valence-electron chi connectivity index (χ4n) is 5.63. The van der Waals surface area contributed by atoms with E-state index >= 15 is 0 Å². The number of amides is 3. The number of benzene rings is 2. The van der Waals surface area contributed by atoms with E-state index in [0.29, 0.717) is 29.2 Å². The van der Waals surface area contributed by atoms with E-state index in [4.69, 9.17) is 9.79 Å². The molecule has 3 amide bonds. The van der Waals surface area contributed by atoms with Crippen LogP contribution in [0.2, 0.25) is 0 Å². The first-order valence-corrected chi connectivity index (χ1v) is 18.6. The maximum atomic E-state index is 14.3. The van der Waals surface area contributed by atoms with Gasteiger partial charge in [-0.1, -0.05) is 81.3 Å². The molecule has 2 aromatic carbocycles. The van der Waals surface area contributed by atoms with Crippen molar-refractivity contribution in [3.63, 3.8) is 0 Å². The normalized spacial score (nSPS) is 16.8. The van der Waals surface area contributed by atoms with Crippen LogP contribution in [0, 0.1) is 5.41 Å². The number of nitrogens with zero attached hydrogens (tertiary/aromatic N) is 3. The van der Waals surface area contributed by atoms with E-state index in [-0.39, 0.29) is 16.2 Å². The van der Waals surface area contributed by atoms with Crippen molar-refractivity contribution in [3.05, 3.63) is 71.2 Å². The lowest BCUT2D eigenvalue weighted by molar-refractivity contribution is -0.143. The highest BCUT2D eigenvalue weighted by molar-refractivity contribution is 7.52. The van der Waals surface area contributed by atoms with Gasteiger partial charge in [0.1, 0.15) is 12.1 Å². The third-order valence-corrected chi connectivity index (χ3v) is 11.6. The predicted octanol–water partition coefficient (Wildman–Crippen LogP) is 6.83. The molecule has 1 aliphatic rings. The van der Waals surface area contributed by atoms with Gasteiger partial charge in [-0.25, -0.2) is 4.98 Å². The molecule has 3 N–H and O–H groups in total. The topological polar surface area (TPSA) is 140 Å². The molecule has 15 heteroatoms. The monoisotopic (exact) mass is 718 g/mol. The molecular weight excluding hydrogens is 681 g/mol. The van der Waals surface area contributed by atoms with Crippen LogP contribution in [0.5, 0.6) is 0 Å². The standard InChI is InChI=1S/C33H37F2N4O6PS2/c1-32(2,3)27(37-28(40)25-18-21-17-22(14-15-24(21)47-25)33(34,35)46(43,44)45)30(42)39-16-10-6-9-13-23(39)29(41)38(4)31-36-19-26(48-31)20-11-7-5-8-12-20/h5,7-8,11-12,14-15,17-19,23,27H,6,9-10,13,16H2,1-4H3,(H,37,40)(H2,43,44,45). The Hall–Kier alpha value is -3.55. The van der Waals surface area contributed by atoms with E-state index in [1.54, 1.807) is 38.9 Å². The van der Waals surface area contributed by atoms with Crippen LogP contribution in [-0.2, 0) is 19.8 Å². The molecule has 1 saturated heterocycles. The minimum absolute atomic E-state index is 0.130. The number of thiophene rings is 1. The Bertz CT molecular complexity index is 1870. The van der Waals surface area contributed by atoms with Gasteiger partial charge < -0.3 is 20.0 Å². The lowest BCUT2D eigenvalue weighted by atomic mass is 9.85. The summed E-state index contributed by atoms with van der Waals surface area (Å²) in [4.78, 5) is 68.7. The fraction of sp³-hybridized carbons (Fsp3) is 0.394. The van der Waals surface area contributed by atoms with Gasteiger partial charge >= 0.3 is 13.3 Å². The predicted molar refractivity (Wildman–Crippen MR) is 183 cm³/mol. The molecule has 2 unspecified atom stereocenters. The van der Waals surface area contributed by atoms with E-state index in [0.717, 1.165) is 46.8 Å². The number of hydrogen-bond donors (Lipinski definition) is 3. The summed E-state index contributed by atoms with van der Waals surface area (Å²) in [6.07, 6.45) is 4.45. The van der Waals surface area contributed by atoms with Crippen molar-refractivity contribution in [1.29, 1.82) is 0 Å². The SMILES string of the molecule is CN(C(=O)C1CCCCCN1C(=O)C(NC(=O)c1cc2cc(C(F)(F)P(=O)(O)O)ccc2s1)C(C)(C)C)c1ncc(-c2ccccc2)s1. The van der Waals surface area contributed by atoms with Gasteiger partial charge in [-0.15, -0.1) is 11.3 Å². The van der Waals surface area contributed by atoms with Crippen molar-refractivity contribution >= 4 is 63.2 Å². The number of anilines is 1. The molecule has 5 rings (SSSR count). The highest BCUT2D eigenvalue weighted by atomic mass is 32.1. The van der Waals surface area contributed by atoms with E-state index in [9.17, 15) is 27.7 Å². The summed E-state index contributed by atoms with van der Waals surface area (Å²) in [5, 5.41) is 3.54. The number of halogens is 2. The molecule has 0 spiro atoms. The Morgan fingerprint density at radius 2 is 1.75 bits per heavy atom. The number of aromatic nitrogens is 1. The van der Waals surface area contributed by atoms with E-state index in [2.05, 4.69) is 10.3 Å². The number of thiazole rings is 1. The second kappa shape index (κ2) is 13.8. The summed E-state index contributed by atoms with van der Waals surface area (Å²) in [5.41, 5.74) is -5.05. The second-order valence-electron chi connectivity index (χ2n) is 12.9. The van der Waals surface area contributed by atoms with Gasteiger partial charge in [0.05, 0.1) is 9.75 Å². The number of nitrogens with one attached hydrogen (secondary N) is 1. The number of likely N-dealkylation sites (N-methyl/N-ethyl adjacent to an activating group) is 1. The first-order valence-electron chi connectivity index (χ1n) is 15.4. The highest BCUT2D eigenvalue weighted by Gasteiger charge is 2.50. The number of hydrogen-bond acceptors (Lipinski definition) is 7. The van der Waals surface area contributed by atoms with Crippen molar-refractivity contribution in [2.24, 2.45) is 5.41 Å². The lowest BCUT2D eigenvalue weighted by Gasteiger charge is -2.38. The number of carbonyl (C=O) groups excluding carboxylic acids is 3. The molecule has 10 nitrogen and oxygen atoms in total. The second-order valence-corrected chi connectivity index (χ2v) is 16.6. The molecule has 0 saturated carbocycles. The summed E-state index contributed by atoms with van der Waals surface area (Å²) in [7, 11) is -4.13. The summed E-state index contributed by atoms with van der Waals surface area (Å²) in [5.74, 6) is -1.29. The molecule has 2 atom stereocenters. The molecular formula is C33H37F2N4O6PS2. The first-order chi connectivity index (χ1) is 22.5. The number of fused-ring (bicyclic) bond motifs is 1. The lowest BCUT2D eigenvalue weighted by Crippen LogP contribution is -2.59. The van der Waals surface area contributed by atoms with Crippen LogP contribution < -0.4 is 10.2 Å². The molecule has 48 heavy (non-hydrogen) atoms. The number of carbonyl (C=O) groups is 3. The van der Waals surface area contributed by atoms with Crippen LogP contribution in [-0.4, -0.2) is 63.1 Å². The van der Waals surface area contributed by atoms with Crippen LogP contribution in [0.4, 0.5) is 13.9 Å². The quantitative estimate of drug-likeness (QED) is 0.170. The molecule has 0 radical (unpaired) electrons. The summed E-state index contributed by atoms with van der Waals surface area (Å²) >= 11 is 2.38. The van der Waals surface area contributed by atoms with Crippen LogP contribution in [0.1, 0.15) is 61.7 Å². The molecule has 0 aliphatic carbocycles. The first kappa shape index (κ1) is 35.7. The molecule has 1 fully saturated rings. The molecule has 1 aliphatic heterocycles. The maximum absolute atomic E-state index is 14.3. The van der Waals surface area contributed by atoms with Crippen molar-refractivity contribution in [2.75, 3.05) is 18.5 Å². The van der Waals surface area contributed by atoms with Crippen molar-refractivity contribution < 1.29 is 37.5 Å². The van der Waals surface area contributed by atoms with Crippen LogP contribution in [0.15, 0.2) is 60.8 Å². The maximum Gasteiger partial charge on any atom is 0.399 e. The van der Waals surface area contributed by atoms with E-state index < -0.39 is 48.1 Å². The minimum Gasteiger partial charge on any atom is -0.339 e. The van der Waals surface area contributed by atoms with Gasteiger partial charge in [0.15, 0.2) is 5.13 Å². The Labute approximate surface area is 284 Å². The average Bonchev–Trinajstić information content (AvgIpc) is 3.63. The number of alkyl halides is 2. The summed E-state index contributed by atoms with van der Waals surface area (Å²) < 4.78 is 40.5. The van der Waals surface area contributed by atoms with Gasteiger partial charge in [-0.05, 0) is 47.4 Å². The molecule has 3 heterocycles. The van der Waals surface area contributed by atoms with Crippen molar-refractivity contribution in [3.8, 4) is 10.4 Å². The largest absolute Gasteiger partial charge is 0.399 e. The fourth-order valence-corrected chi connectivity index (χ4v) is 7.94. The zero-order chi connectivity index (χ0) is 35.0. The van der Waals surface area contributed by atoms with Gasteiger partial charge in [-0.2, -0.15) is 8.78 Å². The van der Waals surface area contributed by atoms with E-state index in [1.165, 1.54) is 28.4 Å². The molecule has 256 valence electrons. The molecule has 4 aromatic rings. The van der Waals surface area contributed by atoms with E-state index in [1.807, 2.05) is 30.3 Å². The third-order valence-electron chi connectivity index (χ3n) is 8.33. The third kappa shape index (κ3) is 7.37. The summed E-state index contributed by atoms with van der Waals surface area (Å²) in [6, 6.07) is 12.4. The van der Waals surface area contributed by atoms with Gasteiger partial charge in [0, 0.05) is 30.1 Å².